The molecule has 0 aromatic rings. The number of ether oxygens (including phenoxy) is 1. The van der Waals surface area contributed by atoms with Crippen molar-refractivity contribution in [1.29, 1.82) is 0 Å². The SMILES string of the molecule is CC(C)CCC[C@@H](C)[C@H]1CC[C@H]2C3CC=C4C[C@@H](OC(=O)NCCN(C)C)CC[C@]4(C)[C@H]3CC[C@]12C.Cl. The highest BCUT2D eigenvalue weighted by Gasteiger charge is 2.59. The molecule has 1 unspecified atom stereocenters. The molecular weight excluding hydrogens is 480 g/mol. The largest absolute Gasteiger partial charge is 0.446 e. The summed E-state index contributed by atoms with van der Waals surface area (Å²) in [5.74, 6) is 5.21. The Morgan fingerprint density at radius 2 is 1.84 bits per heavy atom. The number of allylic oxidation sites excluding steroid dienone is 1. The number of alkyl carbamates (subject to hydrolysis) is 1. The van der Waals surface area contributed by atoms with Crippen LogP contribution in [0.15, 0.2) is 11.6 Å². The van der Waals surface area contributed by atoms with Crippen molar-refractivity contribution in [2.75, 3.05) is 27.2 Å². The van der Waals surface area contributed by atoms with Crippen LogP contribution < -0.4 is 5.32 Å². The second-order valence-corrected chi connectivity index (χ2v) is 14.3. The molecule has 5 heteroatoms. The van der Waals surface area contributed by atoms with Gasteiger partial charge in [0.2, 0.25) is 0 Å². The number of halogens is 1. The quantitative estimate of drug-likeness (QED) is 0.302. The molecule has 3 fully saturated rings. The first-order chi connectivity index (χ1) is 17.0. The van der Waals surface area contributed by atoms with Gasteiger partial charge in [0.05, 0.1) is 0 Å². The lowest BCUT2D eigenvalue weighted by Gasteiger charge is -2.58. The van der Waals surface area contributed by atoms with E-state index in [9.17, 15) is 4.79 Å². The predicted molar refractivity (Wildman–Crippen MR) is 157 cm³/mol. The van der Waals surface area contributed by atoms with Gasteiger partial charge in [-0.05, 0) is 105 Å². The van der Waals surface area contributed by atoms with Crippen molar-refractivity contribution in [2.45, 2.75) is 111 Å². The minimum absolute atomic E-state index is 0. The summed E-state index contributed by atoms with van der Waals surface area (Å²) < 4.78 is 5.87. The van der Waals surface area contributed by atoms with Gasteiger partial charge in [0, 0.05) is 19.5 Å². The number of hydrogen-bond acceptors (Lipinski definition) is 3. The number of likely N-dealkylation sites (N-methyl/N-ethyl adjacent to an activating group) is 1. The molecule has 0 radical (unpaired) electrons. The number of carbonyl (C=O) groups excluding carboxylic acids is 1. The average molecular weight is 537 g/mol. The highest BCUT2D eigenvalue weighted by Crippen LogP contribution is 2.67. The minimum Gasteiger partial charge on any atom is -0.446 e. The van der Waals surface area contributed by atoms with E-state index in [1.165, 1.54) is 57.8 Å². The van der Waals surface area contributed by atoms with E-state index in [1.807, 2.05) is 14.1 Å². The number of hydrogen-bond donors (Lipinski definition) is 1. The van der Waals surface area contributed by atoms with Gasteiger partial charge in [-0.15, -0.1) is 12.4 Å². The van der Waals surface area contributed by atoms with Crippen molar-refractivity contribution >= 4 is 18.5 Å². The standard InChI is InChI=1S/C32H56N2O2.ClH/c1-22(2)9-8-10-23(3)27-13-14-28-26-12-11-24-21-25(36-30(35)33-19-20-34(6)7)15-17-31(24,4)29(26)16-18-32(27,28)5;/h11,22-23,25-29H,8-10,12-21H2,1-7H3,(H,33,35);1H/t23-,25+,26?,27-,28+,29+,31+,32-;/m1./s1. The third-order valence-corrected chi connectivity index (χ3v) is 11.4. The van der Waals surface area contributed by atoms with Gasteiger partial charge in [-0.3, -0.25) is 0 Å². The summed E-state index contributed by atoms with van der Waals surface area (Å²) in [6.45, 7) is 14.0. The summed E-state index contributed by atoms with van der Waals surface area (Å²) in [6, 6.07) is 0. The van der Waals surface area contributed by atoms with E-state index in [-0.39, 0.29) is 24.6 Å². The van der Waals surface area contributed by atoms with Gasteiger partial charge in [-0.2, -0.15) is 0 Å². The fraction of sp³-hybridized carbons (Fsp3) is 0.906. The summed E-state index contributed by atoms with van der Waals surface area (Å²) in [5, 5.41) is 2.93. The molecule has 0 spiro atoms. The molecule has 4 aliphatic carbocycles. The van der Waals surface area contributed by atoms with Crippen LogP contribution in [0.25, 0.3) is 0 Å². The van der Waals surface area contributed by atoms with Gasteiger partial charge in [-0.1, -0.05) is 65.5 Å². The topological polar surface area (TPSA) is 41.6 Å². The Bertz CT molecular complexity index is 798. The Labute approximate surface area is 234 Å². The number of fused-ring (bicyclic) bond motifs is 5. The van der Waals surface area contributed by atoms with E-state index in [1.54, 1.807) is 5.57 Å². The lowest BCUT2D eigenvalue weighted by atomic mass is 9.47. The Morgan fingerprint density at radius 3 is 2.54 bits per heavy atom. The van der Waals surface area contributed by atoms with Gasteiger partial charge >= 0.3 is 6.09 Å². The molecule has 0 aliphatic heterocycles. The fourth-order valence-electron chi connectivity index (χ4n) is 9.33. The number of rotatable bonds is 9. The zero-order chi connectivity index (χ0) is 26.1. The van der Waals surface area contributed by atoms with Crippen LogP contribution in [0.5, 0.6) is 0 Å². The van der Waals surface area contributed by atoms with E-state index in [2.05, 4.69) is 50.9 Å². The van der Waals surface area contributed by atoms with Crippen molar-refractivity contribution in [3.8, 4) is 0 Å². The lowest BCUT2D eigenvalue weighted by molar-refractivity contribution is -0.0581. The summed E-state index contributed by atoms with van der Waals surface area (Å²) in [7, 11) is 4.04. The van der Waals surface area contributed by atoms with E-state index in [0.717, 1.165) is 54.9 Å². The molecule has 0 aromatic carbocycles. The number of amides is 1. The van der Waals surface area contributed by atoms with Gasteiger partial charge in [0.25, 0.3) is 0 Å². The minimum atomic E-state index is -0.243. The zero-order valence-electron chi connectivity index (χ0n) is 25.0. The molecule has 3 saturated carbocycles. The molecule has 214 valence electrons. The number of nitrogens with zero attached hydrogens (tertiary/aromatic N) is 1. The van der Waals surface area contributed by atoms with Gasteiger partial charge < -0.3 is 15.0 Å². The molecule has 4 rings (SSSR count). The maximum absolute atomic E-state index is 12.3. The van der Waals surface area contributed by atoms with Crippen molar-refractivity contribution in [3.63, 3.8) is 0 Å². The van der Waals surface area contributed by atoms with Crippen molar-refractivity contribution < 1.29 is 9.53 Å². The highest BCUT2D eigenvalue weighted by atomic mass is 35.5. The number of nitrogens with one attached hydrogen (secondary N) is 1. The second kappa shape index (κ2) is 12.6. The van der Waals surface area contributed by atoms with E-state index in [0.29, 0.717) is 17.4 Å². The van der Waals surface area contributed by atoms with Crippen LogP contribution >= 0.6 is 12.4 Å². The molecule has 37 heavy (non-hydrogen) atoms. The molecule has 4 aliphatic rings. The molecular formula is C32H57ClN2O2. The summed E-state index contributed by atoms with van der Waals surface area (Å²) in [4.78, 5) is 14.4. The van der Waals surface area contributed by atoms with Crippen LogP contribution in [0, 0.1) is 46.3 Å². The van der Waals surface area contributed by atoms with Crippen LogP contribution in [0.1, 0.15) is 105 Å². The fourth-order valence-corrected chi connectivity index (χ4v) is 9.33. The maximum atomic E-state index is 12.3. The highest BCUT2D eigenvalue weighted by molar-refractivity contribution is 5.85. The molecule has 1 amide bonds. The van der Waals surface area contributed by atoms with Crippen molar-refractivity contribution in [2.24, 2.45) is 46.3 Å². The smallest absolute Gasteiger partial charge is 0.407 e. The molecule has 0 bridgehead atoms. The molecule has 4 nitrogen and oxygen atoms in total. The first-order valence-corrected chi connectivity index (χ1v) is 15.3. The molecule has 0 heterocycles. The van der Waals surface area contributed by atoms with E-state index in [4.69, 9.17) is 4.74 Å². The van der Waals surface area contributed by atoms with Gasteiger partial charge in [0.15, 0.2) is 0 Å². The van der Waals surface area contributed by atoms with Crippen LogP contribution in [-0.4, -0.2) is 44.3 Å². The predicted octanol–water partition coefficient (Wildman–Crippen LogP) is 8.11. The third-order valence-electron chi connectivity index (χ3n) is 11.4. The summed E-state index contributed by atoms with van der Waals surface area (Å²) in [6.07, 6.45) is 16.7. The Balaban J connectivity index is 0.00000380. The Kier molecular flexibility index (Phi) is 10.5. The average Bonchev–Trinajstić information content (AvgIpc) is 3.16. The third kappa shape index (κ3) is 6.53. The molecule has 0 saturated heterocycles. The summed E-state index contributed by atoms with van der Waals surface area (Å²) in [5.41, 5.74) is 2.46. The lowest BCUT2D eigenvalue weighted by Crippen LogP contribution is -2.51. The van der Waals surface area contributed by atoms with Crippen molar-refractivity contribution in [1.82, 2.24) is 10.2 Å². The first-order valence-electron chi connectivity index (χ1n) is 15.3. The molecule has 8 atom stereocenters. The maximum Gasteiger partial charge on any atom is 0.407 e. The monoisotopic (exact) mass is 536 g/mol. The van der Waals surface area contributed by atoms with Gasteiger partial charge in [0.1, 0.15) is 6.10 Å². The van der Waals surface area contributed by atoms with E-state index >= 15 is 0 Å². The first kappa shape index (κ1) is 30.8. The molecule has 1 N–H and O–H groups in total. The Hall–Kier alpha value is -0.740. The van der Waals surface area contributed by atoms with Crippen LogP contribution in [-0.2, 0) is 4.74 Å². The van der Waals surface area contributed by atoms with Crippen molar-refractivity contribution in [3.05, 3.63) is 11.6 Å². The second-order valence-electron chi connectivity index (χ2n) is 14.3. The van der Waals surface area contributed by atoms with Crippen LogP contribution in [0.4, 0.5) is 4.79 Å². The zero-order valence-corrected chi connectivity index (χ0v) is 25.8. The Morgan fingerprint density at radius 1 is 1.08 bits per heavy atom. The number of carbonyl (C=O) groups is 1. The van der Waals surface area contributed by atoms with Crippen LogP contribution in [0.3, 0.4) is 0 Å². The molecule has 0 aromatic heterocycles. The van der Waals surface area contributed by atoms with Gasteiger partial charge in [-0.25, -0.2) is 4.79 Å². The normalized spacial score (nSPS) is 37.6. The van der Waals surface area contributed by atoms with Crippen LogP contribution in [0.2, 0.25) is 0 Å². The summed E-state index contributed by atoms with van der Waals surface area (Å²) >= 11 is 0. The van der Waals surface area contributed by atoms with E-state index < -0.39 is 0 Å².